The molecule has 0 aliphatic heterocycles. The summed E-state index contributed by atoms with van der Waals surface area (Å²) in [4.78, 5) is 36.0. The van der Waals surface area contributed by atoms with Crippen LogP contribution in [0.25, 0.3) is 0 Å². The number of nitrogens with zero attached hydrogens (tertiary/aromatic N) is 2. The summed E-state index contributed by atoms with van der Waals surface area (Å²) in [6.45, 7) is 5.75. The van der Waals surface area contributed by atoms with E-state index in [9.17, 15) is 19.7 Å². The molecule has 0 radical (unpaired) electrons. The van der Waals surface area contributed by atoms with E-state index in [1.54, 1.807) is 58.2 Å². The van der Waals surface area contributed by atoms with Crippen LogP contribution in [-0.4, -0.2) is 34.5 Å². The van der Waals surface area contributed by atoms with E-state index in [4.69, 9.17) is 4.74 Å². The van der Waals surface area contributed by atoms with Gasteiger partial charge in [0, 0.05) is 31.4 Å². The fourth-order valence-corrected chi connectivity index (χ4v) is 2.55. The molecule has 2 amide bonds. The Morgan fingerprint density at radius 1 is 1.10 bits per heavy atom. The normalized spacial score (nSPS) is 10.9. The third-order valence-corrected chi connectivity index (χ3v) is 3.85. The smallest absolute Gasteiger partial charge is 0.410 e. The summed E-state index contributed by atoms with van der Waals surface area (Å²) >= 11 is 0. The number of hydrogen-bond donors (Lipinski definition) is 1. The van der Waals surface area contributed by atoms with Crippen LogP contribution in [-0.2, 0) is 22.5 Å². The number of benzene rings is 2. The number of nitro benzene ring substituents is 1. The van der Waals surface area contributed by atoms with Crippen LogP contribution >= 0.6 is 0 Å². The number of nitrogens with one attached hydrogen (secondary N) is 1. The average molecular weight is 399 g/mol. The highest BCUT2D eigenvalue weighted by molar-refractivity contribution is 5.92. The largest absolute Gasteiger partial charge is 0.444 e. The van der Waals surface area contributed by atoms with E-state index < -0.39 is 16.6 Å². The molecule has 0 saturated heterocycles. The van der Waals surface area contributed by atoms with Gasteiger partial charge in [0.05, 0.1) is 11.3 Å². The maximum atomic E-state index is 12.3. The summed E-state index contributed by atoms with van der Waals surface area (Å²) in [6, 6.07) is 13.0. The molecule has 1 N–H and O–H groups in total. The van der Waals surface area contributed by atoms with Gasteiger partial charge in [-0.15, -0.1) is 0 Å². The molecular weight excluding hydrogens is 374 g/mol. The Bertz CT molecular complexity index is 888. The maximum Gasteiger partial charge on any atom is 0.410 e. The third kappa shape index (κ3) is 7.25. The van der Waals surface area contributed by atoms with Gasteiger partial charge in [-0.05, 0) is 44.0 Å². The highest BCUT2D eigenvalue weighted by Crippen LogP contribution is 2.16. The van der Waals surface area contributed by atoms with E-state index in [1.165, 1.54) is 17.0 Å². The molecule has 0 bridgehead atoms. The molecule has 0 atom stereocenters. The zero-order valence-electron chi connectivity index (χ0n) is 17.0. The van der Waals surface area contributed by atoms with E-state index in [2.05, 4.69) is 5.32 Å². The second-order valence-corrected chi connectivity index (χ2v) is 7.69. The molecule has 0 spiro atoms. The molecule has 0 saturated carbocycles. The quantitative estimate of drug-likeness (QED) is 0.581. The number of anilines is 1. The predicted octanol–water partition coefficient (Wildman–Crippen LogP) is 4.14. The van der Waals surface area contributed by atoms with Crippen LogP contribution in [0.4, 0.5) is 16.2 Å². The van der Waals surface area contributed by atoms with Crippen molar-refractivity contribution in [2.45, 2.75) is 39.3 Å². The van der Waals surface area contributed by atoms with Gasteiger partial charge in [0.15, 0.2) is 0 Å². The molecule has 154 valence electrons. The standard InChI is InChI=1S/C21H25N3O5/c1-21(2,3)29-20(26)23(4)14-16-6-5-7-17(12-16)22-19(25)13-15-8-10-18(11-9-15)24(27)28/h5-12H,13-14H2,1-4H3,(H,22,25). The van der Waals surface area contributed by atoms with Crippen molar-refractivity contribution in [1.82, 2.24) is 4.90 Å². The lowest BCUT2D eigenvalue weighted by molar-refractivity contribution is -0.384. The molecule has 0 aliphatic rings. The fraction of sp³-hybridized carbons (Fsp3) is 0.333. The summed E-state index contributed by atoms with van der Waals surface area (Å²) in [6.07, 6.45) is -0.329. The van der Waals surface area contributed by atoms with Crippen molar-refractivity contribution in [2.24, 2.45) is 0 Å². The first-order valence-corrected chi connectivity index (χ1v) is 9.10. The summed E-state index contributed by atoms with van der Waals surface area (Å²) in [5.41, 5.74) is 1.53. The summed E-state index contributed by atoms with van der Waals surface area (Å²) in [5.74, 6) is -0.239. The molecule has 29 heavy (non-hydrogen) atoms. The van der Waals surface area contributed by atoms with Crippen LogP contribution in [0.15, 0.2) is 48.5 Å². The van der Waals surface area contributed by atoms with Crippen molar-refractivity contribution < 1.29 is 19.2 Å². The Labute approximate surface area is 169 Å². The van der Waals surface area contributed by atoms with E-state index >= 15 is 0 Å². The monoisotopic (exact) mass is 399 g/mol. The predicted molar refractivity (Wildman–Crippen MR) is 110 cm³/mol. The number of non-ortho nitro benzene ring substituents is 1. The third-order valence-electron chi connectivity index (χ3n) is 3.85. The molecular formula is C21H25N3O5. The molecule has 0 aromatic heterocycles. The van der Waals surface area contributed by atoms with Crippen molar-refractivity contribution in [3.63, 3.8) is 0 Å². The fourth-order valence-electron chi connectivity index (χ4n) is 2.55. The lowest BCUT2D eigenvalue weighted by Crippen LogP contribution is -2.33. The Morgan fingerprint density at radius 2 is 1.76 bits per heavy atom. The van der Waals surface area contributed by atoms with Gasteiger partial charge in [-0.1, -0.05) is 24.3 Å². The van der Waals surface area contributed by atoms with E-state index in [0.29, 0.717) is 17.8 Å². The number of carbonyl (C=O) groups excluding carboxylic acids is 2. The first-order chi connectivity index (χ1) is 13.5. The second kappa shape index (κ2) is 9.18. The van der Waals surface area contributed by atoms with Crippen LogP contribution in [0.2, 0.25) is 0 Å². The van der Waals surface area contributed by atoms with Gasteiger partial charge in [0.2, 0.25) is 5.91 Å². The van der Waals surface area contributed by atoms with Crippen molar-refractivity contribution in [3.8, 4) is 0 Å². The lowest BCUT2D eigenvalue weighted by Gasteiger charge is -2.24. The first kappa shape index (κ1) is 21.9. The maximum absolute atomic E-state index is 12.3. The zero-order chi connectivity index (χ0) is 21.6. The molecule has 0 aliphatic carbocycles. The van der Waals surface area contributed by atoms with Gasteiger partial charge in [0.25, 0.3) is 5.69 Å². The summed E-state index contributed by atoms with van der Waals surface area (Å²) < 4.78 is 5.33. The molecule has 8 nitrogen and oxygen atoms in total. The molecule has 0 heterocycles. The van der Waals surface area contributed by atoms with Gasteiger partial charge < -0.3 is 15.0 Å². The highest BCUT2D eigenvalue weighted by atomic mass is 16.6. The Balaban J connectivity index is 1.95. The summed E-state index contributed by atoms with van der Waals surface area (Å²) in [5, 5.41) is 13.5. The molecule has 0 fully saturated rings. The zero-order valence-corrected chi connectivity index (χ0v) is 17.0. The second-order valence-electron chi connectivity index (χ2n) is 7.69. The van der Waals surface area contributed by atoms with Crippen LogP contribution < -0.4 is 5.32 Å². The van der Waals surface area contributed by atoms with E-state index in [1.807, 2.05) is 6.07 Å². The average Bonchev–Trinajstić information content (AvgIpc) is 2.60. The minimum absolute atomic E-state index is 0.0176. The van der Waals surface area contributed by atoms with Gasteiger partial charge in [-0.25, -0.2) is 4.79 Å². The highest BCUT2D eigenvalue weighted by Gasteiger charge is 2.19. The van der Waals surface area contributed by atoms with Gasteiger partial charge >= 0.3 is 6.09 Å². The number of hydrogen-bond acceptors (Lipinski definition) is 5. The van der Waals surface area contributed by atoms with E-state index in [-0.39, 0.29) is 18.0 Å². The SMILES string of the molecule is CN(Cc1cccc(NC(=O)Cc2ccc([N+](=O)[O-])cc2)c1)C(=O)OC(C)(C)C. The number of ether oxygens (including phenoxy) is 1. The lowest BCUT2D eigenvalue weighted by atomic mass is 10.1. The van der Waals surface area contributed by atoms with Gasteiger partial charge in [-0.3, -0.25) is 14.9 Å². The van der Waals surface area contributed by atoms with Crippen molar-refractivity contribution in [1.29, 1.82) is 0 Å². The van der Waals surface area contributed by atoms with Crippen molar-refractivity contribution in [2.75, 3.05) is 12.4 Å². The number of carbonyl (C=O) groups is 2. The van der Waals surface area contributed by atoms with Gasteiger partial charge in [-0.2, -0.15) is 0 Å². The first-order valence-electron chi connectivity index (χ1n) is 9.10. The van der Waals surface area contributed by atoms with Gasteiger partial charge in [0.1, 0.15) is 5.60 Å². The molecule has 8 heteroatoms. The van der Waals surface area contributed by atoms with Crippen molar-refractivity contribution in [3.05, 3.63) is 69.8 Å². The minimum atomic E-state index is -0.570. The topological polar surface area (TPSA) is 102 Å². The molecule has 2 aromatic carbocycles. The van der Waals surface area contributed by atoms with E-state index in [0.717, 1.165) is 5.56 Å². The van der Waals surface area contributed by atoms with Crippen molar-refractivity contribution >= 4 is 23.4 Å². The number of nitro groups is 1. The minimum Gasteiger partial charge on any atom is -0.444 e. The molecule has 2 aromatic rings. The Hall–Kier alpha value is -3.42. The molecule has 2 rings (SSSR count). The van der Waals surface area contributed by atoms with Crippen LogP contribution in [0.5, 0.6) is 0 Å². The van der Waals surface area contributed by atoms with Crippen LogP contribution in [0.3, 0.4) is 0 Å². The number of rotatable bonds is 6. The van der Waals surface area contributed by atoms with Crippen LogP contribution in [0.1, 0.15) is 31.9 Å². The Morgan fingerprint density at radius 3 is 2.34 bits per heavy atom. The van der Waals surface area contributed by atoms with Crippen LogP contribution in [0, 0.1) is 10.1 Å². The summed E-state index contributed by atoms with van der Waals surface area (Å²) in [7, 11) is 1.65. The number of amides is 2. The molecule has 0 unspecified atom stereocenters. The Kier molecular flexibility index (Phi) is 6.93.